The van der Waals surface area contributed by atoms with Crippen LogP contribution in [0.1, 0.15) is 29.8 Å². The van der Waals surface area contributed by atoms with Crippen LogP contribution in [0.4, 0.5) is 0 Å². The Morgan fingerprint density at radius 3 is 2.89 bits per heavy atom. The minimum absolute atomic E-state index is 0.139. The topological polar surface area (TPSA) is 55.6 Å². The highest BCUT2D eigenvalue weighted by atomic mass is 35.5. The first-order valence-corrected chi connectivity index (χ1v) is 10.4. The van der Waals surface area contributed by atoms with Crippen LogP contribution in [0.3, 0.4) is 0 Å². The molecule has 5 nitrogen and oxygen atoms in total. The van der Waals surface area contributed by atoms with Crippen LogP contribution in [0.5, 0.6) is 0 Å². The van der Waals surface area contributed by atoms with Crippen LogP contribution in [0.25, 0.3) is 0 Å². The Hall–Kier alpha value is -1.76. The van der Waals surface area contributed by atoms with Gasteiger partial charge in [-0.25, -0.2) is 5.43 Å². The lowest BCUT2D eigenvalue weighted by atomic mass is 10.2. The van der Waals surface area contributed by atoms with E-state index in [0.717, 1.165) is 42.1 Å². The average molecular weight is 406 g/mol. The van der Waals surface area contributed by atoms with Crippen LogP contribution in [0.15, 0.2) is 40.3 Å². The number of hydrogen-bond acceptors (Lipinski definition) is 4. The van der Waals surface area contributed by atoms with Crippen LogP contribution in [0, 0.1) is 13.8 Å². The molecule has 0 spiro atoms. The lowest BCUT2D eigenvalue weighted by Gasteiger charge is -2.14. The lowest BCUT2D eigenvalue weighted by molar-refractivity contribution is -0.118. The van der Waals surface area contributed by atoms with Crippen molar-refractivity contribution in [1.29, 1.82) is 0 Å². The number of carbonyl (C=O) groups excluding carboxylic acids is 1. The number of rotatable bonds is 7. The molecule has 1 fully saturated rings. The number of carbonyl (C=O) groups is 1. The van der Waals surface area contributed by atoms with Gasteiger partial charge < -0.3 is 9.30 Å². The van der Waals surface area contributed by atoms with Crippen molar-refractivity contribution in [1.82, 2.24) is 9.99 Å². The zero-order valence-corrected chi connectivity index (χ0v) is 17.1. The second kappa shape index (κ2) is 9.44. The first kappa shape index (κ1) is 20.0. The predicted molar refractivity (Wildman–Crippen MR) is 111 cm³/mol. The van der Waals surface area contributed by atoms with E-state index >= 15 is 0 Å². The van der Waals surface area contributed by atoms with Gasteiger partial charge >= 0.3 is 0 Å². The van der Waals surface area contributed by atoms with Gasteiger partial charge in [0.2, 0.25) is 5.91 Å². The third-order valence-electron chi connectivity index (χ3n) is 4.60. The van der Waals surface area contributed by atoms with Crippen molar-refractivity contribution >= 4 is 35.5 Å². The molecule has 1 aromatic carbocycles. The molecular weight excluding hydrogens is 382 g/mol. The Labute approximate surface area is 169 Å². The predicted octanol–water partition coefficient (Wildman–Crippen LogP) is 4.18. The van der Waals surface area contributed by atoms with Gasteiger partial charge in [0.1, 0.15) is 0 Å². The third-order valence-corrected chi connectivity index (χ3v) is 5.86. The van der Waals surface area contributed by atoms with E-state index in [4.69, 9.17) is 16.3 Å². The van der Waals surface area contributed by atoms with Crippen molar-refractivity contribution in [3.63, 3.8) is 0 Å². The number of nitrogens with zero attached hydrogens (tertiary/aromatic N) is 2. The molecule has 7 heteroatoms. The fourth-order valence-corrected chi connectivity index (χ4v) is 3.93. The Morgan fingerprint density at radius 2 is 2.19 bits per heavy atom. The number of ether oxygens (including phenoxy) is 1. The number of aromatic nitrogens is 1. The Morgan fingerprint density at radius 1 is 1.41 bits per heavy atom. The van der Waals surface area contributed by atoms with Gasteiger partial charge in [-0.3, -0.25) is 4.79 Å². The molecular formula is C20H24ClN3O2S. The summed E-state index contributed by atoms with van der Waals surface area (Å²) in [5, 5.41) is 4.80. The fraction of sp³-hybridized carbons (Fsp3) is 0.400. The number of benzene rings is 1. The van der Waals surface area contributed by atoms with E-state index in [2.05, 4.69) is 35.0 Å². The zero-order chi connectivity index (χ0) is 19.2. The number of hydrogen-bond donors (Lipinski definition) is 1. The first-order chi connectivity index (χ1) is 13.0. The van der Waals surface area contributed by atoms with E-state index in [9.17, 15) is 4.79 Å². The number of aryl methyl sites for hydroxylation is 1. The molecule has 2 aromatic rings. The molecule has 1 saturated heterocycles. The Kier molecular flexibility index (Phi) is 6.99. The molecule has 1 aromatic heterocycles. The number of thioether (sulfide) groups is 1. The molecule has 3 rings (SSSR count). The van der Waals surface area contributed by atoms with Gasteiger partial charge in [0.25, 0.3) is 0 Å². The van der Waals surface area contributed by atoms with Crippen molar-refractivity contribution < 1.29 is 9.53 Å². The Balaban J connectivity index is 1.51. The molecule has 144 valence electrons. The molecule has 0 bridgehead atoms. The molecule has 1 N–H and O–H groups in total. The molecule has 1 aliphatic heterocycles. The smallest absolute Gasteiger partial charge is 0.250 e. The maximum Gasteiger partial charge on any atom is 0.250 e. The number of nitrogens with one attached hydrogen (secondary N) is 1. The second-order valence-corrected chi connectivity index (χ2v) is 8.09. The van der Waals surface area contributed by atoms with Crippen LogP contribution < -0.4 is 5.43 Å². The van der Waals surface area contributed by atoms with E-state index in [1.54, 1.807) is 6.21 Å². The summed E-state index contributed by atoms with van der Waals surface area (Å²) < 4.78 is 8.00. The van der Waals surface area contributed by atoms with Gasteiger partial charge in [-0.05, 0) is 57.0 Å². The molecule has 2 heterocycles. The van der Waals surface area contributed by atoms with E-state index in [1.165, 1.54) is 17.5 Å². The Bertz CT molecular complexity index is 811. The summed E-state index contributed by atoms with van der Waals surface area (Å²) in [6.45, 7) is 5.89. The van der Waals surface area contributed by atoms with Gasteiger partial charge in [0.05, 0.1) is 18.1 Å². The molecule has 1 aliphatic rings. The molecule has 0 radical (unpaired) electrons. The third kappa shape index (κ3) is 5.61. The molecule has 27 heavy (non-hydrogen) atoms. The average Bonchev–Trinajstić information content (AvgIpc) is 3.25. The molecule has 0 saturated carbocycles. The minimum atomic E-state index is -0.139. The van der Waals surface area contributed by atoms with Gasteiger partial charge in [-0.1, -0.05) is 11.6 Å². The van der Waals surface area contributed by atoms with E-state index in [1.807, 2.05) is 24.3 Å². The molecule has 0 unspecified atom stereocenters. The highest BCUT2D eigenvalue weighted by Gasteiger charge is 2.18. The summed E-state index contributed by atoms with van der Waals surface area (Å²) in [4.78, 5) is 13.0. The number of hydrazone groups is 1. The minimum Gasteiger partial charge on any atom is -0.376 e. The largest absolute Gasteiger partial charge is 0.376 e. The maximum absolute atomic E-state index is 12.0. The van der Waals surface area contributed by atoms with Crippen LogP contribution >= 0.6 is 23.4 Å². The summed E-state index contributed by atoms with van der Waals surface area (Å²) in [5.74, 6) is 0.163. The summed E-state index contributed by atoms with van der Waals surface area (Å²) >= 11 is 7.31. The number of halogens is 1. The van der Waals surface area contributed by atoms with Gasteiger partial charge in [-0.15, -0.1) is 11.8 Å². The van der Waals surface area contributed by atoms with E-state index < -0.39 is 0 Å². The summed E-state index contributed by atoms with van der Waals surface area (Å²) in [7, 11) is 0. The van der Waals surface area contributed by atoms with Crippen molar-refractivity contribution in [2.75, 3.05) is 12.4 Å². The molecule has 0 aliphatic carbocycles. The van der Waals surface area contributed by atoms with Gasteiger partial charge in [0.15, 0.2) is 0 Å². The van der Waals surface area contributed by atoms with Gasteiger partial charge in [-0.2, -0.15) is 5.10 Å². The standard InChI is InChI=1S/C20H24ClN3O2S/c1-14-10-16(15(2)24(14)12-18-4-3-9-26-18)11-22-23-20(25)13-27-19-7-5-17(21)6-8-19/h5-8,10-11,18H,3-4,9,12-13H2,1-2H3,(H,23,25)/b22-11-/t18-/m1/s1. The highest BCUT2D eigenvalue weighted by molar-refractivity contribution is 8.00. The van der Waals surface area contributed by atoms with Crippen molar-refractivity contribution in [2.24, 2.45) is 5.10 Å². The summed E-state index contributed by atoms with van der Waals surface area (Å²) in [6.07, 6.45) is 4.25. The second-order valence-electron chi connectivity index (χ2n) is 6.61. The van der Waals surface area contributed by atoms with Crippen LogP contribution in [0.2, 0.25) is 5.02 Å². The quantitative estimate of drug-likeness (QED) is 0.427. The zero-order valence-electron chi connectivity index (χ0n) is 15.6. The van der Waals surface area contributed by atoms with Crippen LogP contribution in [-0.2, 0) is 16.1 Å². The summed E-state index contributed by atoms with van der Waals surface area (Å²) in [6, 6.07) is 9.50. The normalized spacial score (nSPS) is 16.9. The SMILES string of the molecule is Cc1cc(/C=N\NC(=O)CSc2ccc(Cl)cc2)c(C)n1C[C@H]1CCCO1. The molecule has 1 amide bonds. The molecule has 1 atom stereocenters. The van der Waals surface area contributed by atoms with Crippen molar-refractivity contribution in [2.45, 2.75) is 44.2 Å². The number of amides is 1. The fourth-order valence-electron chi connectivity index (χ4n) is 3.12. The first-order valence-electron chi connectivity index (χ1n) is 9.01. The monoisotopic (exact) mass is 405 g/mol. The van der Waals surface area contributed by atoms with Crippen LogP contribution in [-0.4, -0.2) is 35.2 Å². The van der Waals surface area contributed by atoms with Gasteiger partial charge in [0, 0.05) is 40.0 Å². The van der Waals surface area contributed by atoms with E-state index in [0.29, 0.717) is 16.9 Å². The lowest BCUT2D eigenvalue weighted by Crippen LogP contribution is -2.19. The van der Waals surface area contributed by atoms with Crippen molar-refractivity contribution in [3.8, 4) is 0 Å². The summed E-state index contributed by atoms with van der Waals surface area (Å²) in [5.41, 5.74) is 5.91. The highest BCUT2D eigenvalue weighted by Crippen LogP contribution is 2.20. The van der Waals surface area contributed by atoms with E-state index in [-0.39, 0.29) is 5.91 Å². The van der Waals surface area contributed by atoms with Crippen molar-refractivity contribution in [3.05, 3.63) is 52.3 Å². The maximum atomic E-state index is 12.0.